The Bertz CT molecular complexity index is 507. The Morgan fingerprint density at radius 3 is 1.83 bits per heavy atom. The van der Waals surface area contributed by atoms with Crippen molar-refractivity contribution < 1.29 is 4.74 Å². The summed E-state index contributed by atoms with van der Waals surface area (Å²) in [7, 11) is 0. The van der Waals surface area contributed by atoms with E-state index in [1.165, 1.54) is 0 Å². The fourth-order valence-corrected chi connectivity index (χ4v) is 10.3. The van der Waals surface area contributed by atoms with E-state index < -0.39 is 14.6 Å². The Kier molecular flexibility index (Phi) is 1.52. The molecule has 6 heteroatoms. The van der Waals surface area contributed by atoms with Crippen molar-refractivity contribution in [3.05, 3.63) is 0 Å². The highest BCUT2D eigenvalue weighted by molar-refractivity contribution is 6.51. The van der Waals surface area contributed by atoms with Crippen LogP contribution in [0.5, 0.6) is 0 Å². The first kappa shape index (κ1) is 11.0. The number of halogens is 5. The number of fused-ring (bicyclic) bond motifs is 5. The van der Waals surface area contributed by atoms with Gasteiger partial charge in [0.05, 0.1) is 37.6 Å². The number of hydrogen-bond donors (Lipinski definition) is 0. The summed E-state index contributed by atoms with van der Waals surface area (Å²) < 4.78 is 5.79. The van der Waals surface area contributed by atoms with Gasteiger partial charge in [0.15, 0.2) is 0 Å². The standard InChI is InChI=1S/C12H9Cl5O/c13-8-10(15)4-1-3-2(7-6(1)18-7)5(4)12(17,9(10)14)11(3,8)16/h1-9H/t1-,2+,3?,4+,5-,6-,7+,8-,9?,10+,11-,12+/m1/s1. The van der Waals surface area contributed by atoms with Crippen LogP contribution in [0.25, 0.3) is 0 Å². The Balaban J connectivity index is 1.74. The van der Waals surface area contributed by atoms with Gasteiger partial charge in [-0.05, 0) is 29.6 Å². The van der Waals surface area contributed by atoms with E-state index in [-0.39, 0.29) is 10.8 Å². The molecule has 1 nitrogen and oxygen atoms in total. The number of ether oxygens (including phenoxy) is 1. The van der Waals surface area contributed by atoms with E-state index in [0.29, 0.717) is 41.8 Å². The van der Waals surface area contributed by atoms with Crippen LogP contribution < -0.4 is 0 Å². The molecule has 6 bridgehead atoms. The molecule has 0 radical (unpaired) electrons. The van der Waals surface area contributed by atoms with Crippen molar-refractivity contribution in [2.75, 3.05) is 0 Å². The van der Waals surface area contributed by atoms with Crippen LogP contribution >= 0.6 is 58.0 Å². The zero-order chi connectivity index (χ0) is 12.4. The zero-order valence-electron chi connectivity index (χ0n) is 8.99. The maximum Gasteiger partial charge on any atom is 0.0879 e. The SMILES string of the molecule is ClC1[C@]2(Cl)[C@H]3[C@H]4C5[C@H]([C@@H]6O[C@@H]64)[C@H]3[C@@]1(Cl)[C@]5(Cl)[C@@H]2Cl. The van der Waals surface area contributed by atoms with Gasteiger partial charge in [0.2, 0.25) is 0 Å². The summed E-state index contributed by atoms with van der Waals surface area (Å²) in [4.78, 5) is -1.93. The molecule has 1 saturated heterocycles. The lowest BCUT2D eigenvalue weighted by molar-refractivity contribution is 0.0875. The average molecular weight is 346 g/mol. The van der Waals surface area contributed by atoms with Gasteiger partial charge in [0.1, 0.15) is 0 Å². The van der Waals surface area contributed by atoms with Gasteiger partial charge in [0, 0.05) is 0 Å². The Labute approximate surface area is 129 Å². The van der Waals surface area contributed by atoms with E-state index in [2.05, 4.69) is 0 Å². The van der Waals surface area contributed by atoms with Crippen LogP contribution in [0.1, 0.15) is 0 Å². The number of alkyl halides is 5. The molecule has 1 heterocycles. The second-order valence-corrected chi connectivity index (χ2v) is 9.66. The molecular weight excluding hydrogens is 337 g/mol. The van der Waals surface area contributed by atoms with Gasteiger partial charge >= 0.3 is 0 Å². The molecule has 5 saturated carbocycles. The molecule has 0 N–H and O–H groups in total. The molecule has 0 aromatic rings. The van der Waals surface area contributed by atoms with Crippen LogP contribution in [0, 0.1) is 29.6 Å². The van der Waals surface area contributed by atoms with Crippen molar-refractivity contribution in [1.29, 1.82) is 0 Å². The van der Waals surface area contributed by atoms with Crippen LogP contribution in [0.3, 0.4) is 0 Å². The monoisotopic (exact) mass is 344 g/mol. The average Bonchev–Trinajstić information content (AvgIpc) is 2.87. The van der Waals surface area contributed by atoms with Crippen molar-refractivity contribution in [3.63, 3.8) is 0 Å². The molecule has 0 spiro atoms. The highest BCUT2D eigenvalue weighted by atomic mass is 35.5. The maximum absolute atomic E-state index is 6.99. The minimum Gasteiger partial charge on any atom is -0.369 e. The number of rotatable bonds is 0. The van der Waals surface area contributed by atoms with Gasteiger partial charge in [0.25, 0.3) is 0 Å². The second-order valence-electron chi connectivity index (χ2n) is 6.89. The van der Waals surface area contributed by atoms with Crippen LogP contribution in [0.4, 0.5) is 0 Å². The van der Waals surface area contributed by atoms with Crippen molar-refractivity contribution >= 4 is 58.0 Å². The van der Waals surface area contributed by atoms with Crippen LogP contribution in [0.2, 0.25) is 0 Å². The Hall–Kier alpha value is 1.41. The maximum atomic E-state index is 6.99. The third-order valence-corrected chi connectivity index (χ3v) is 11.2. The summed E-state index contributed by atoms with van der Waals surface area (Å²) in [6, 6.07) is 0. The van der Waals surface area contributed by atoms with E-state index in [0.717, 1.165) is 0 Å². The van der Waals surface area contributed by atoms with Crippen LogP contribution in [-0.4, -0.2) is 37.6 Å². The predicted octanol–water partition coefficient (Wildman–Crippen LogP) is 3.05. The third kappa shape index (κ3) is 0.628. The first-order chi connectivity index (χ1) is 8.41. The van der Waals surface area contributed by atoms with Gasteiger partial charge in [-0.2, -0.15) is 0 Å². The predicted molar refractivity (Wildman–Crippen MR) is 71.1 cm³/mol. The molecule has 5 aliphatic carbocycles. The van der Waals surface area contributed by atoms with Crippen molar-refractivity contribution in [3.8, 4) is 0 Å². The van der Waals surface area contributed by atoms with Gasteiger partial charge in [-0.1, -0.05) is 0 Å². The van der Waals surface area contributed by atoms with Crippen molar-refractivity contribution in [2.45, 2.75) is 37.6 Å². The van der Waals surface area contributed by atoms with Crippen molar-refractivity contribution in [1.82, 2.24) is 0 Å². The van der Waals surface area contributed by atoms with Gasteiger partial charge in [-0.15, -0.1) is 58.0 Å². The fraction of sp³-hybridized carbons (Fsp3) is 1.00. The highest BCUT2D eigenvalue weighted by Gasteiger charge is 3.00. The first-order valence-corrected chi connectivity index (χ1v) is 8.42. The molecule has 6 aliphatic rings. The lowest BCUT2D eigenvalue weighted by Crippen LogP contribution is -2.64. The van der Waals surface area contributed by atoms with Crippen molar-refractivity contribution in [2.24, 2.45) is 29.6 Å². The van der Waals surface area contributed by atoms with E-state index in [9.17, 15) is 0 Å². The minimum absolute atomic E-state index is 0.293. The largest absolute Gasteiger partial charge is 0.369 e. The van der Waals surface area contributed by atoms with Crippen LogP contribution in [0.15, 0.2) is 0 Å². The molecule has 0 amide bonds. The fourth-order valence-electron chi connectivity index (χ4n) is 6.77. The summed E-state index contributed by atoms with van der Waals surface area (Å²) in [5.74, 6) is 1.82. The van der Waals surface area contributed by atoms with E-state index in [1.807, 2.05) is 0 Å². The lowest BCUT2D eigenvalue weighted by Gasteiger charge is -2.53. The van der Waals surface area contributed by atoms with E-state index >= 15 is 0 Å². The molecule has 0 aromatic heterocycles. The molecule has 18 heavy (non-hydrogen) atoms. The highest BCUT2D eigenvalue weighted by Crippen LogP contribution is 2.91. The summed E-state index contributed by atoms with van der Waals surface area (Å²) in [5, 5.41) is -0.670. The summed E-state index contributed by atoms with van der Waals surface area (Å²) in [5.41, 5.74) is 0. The molecule has 98 valence electrons. The topological polar surface area (TPSA) is 12.5 Å². The summed E-state index contributed by atoms with van der Waals surface area (Å²) in [6.45, 7) is 0. The normalized spacial score (nSPS) is 88.2. The molecule has 0 aromatic carbocycles. The molecule has 1 aliphatic heterocycles. The smallest absolute Gasteiger partial charge is 0.0879 e. The van der Waals surface area contributed by atoms with E-state index in [4.69, 9.17) is 62.7 Å². The van der Waals surface area contributed by atoms with Gasteiger partial charge in [-0.3, -0.25) is 0 Å². The lowest BCUT2D eigenvalue weighted by atomic mass is 9.62. The Morgan fingerprint density at radius 1 is 0.722 bits per heavy atom. The summed E-state index contributed by atoms with van der Waals surface area (Å²) >= 11 is 34.1. The minimum atomic E-state index is -0.649. The first-order valence-electron chi connectivity index (χ1n) is 6.41. The quantitative estimate of drug-likeness (QED) is 0.485. The van der Waals surface area contributed by atoms with Crippen LogP contribution in [-0.2, 0) is 4.74 Å². The molecule has 6 fully saturated rings. The third-order valence-electron chi connectivity index (χ3n) is 6.95. The number of hydrogen-bond acceptors (Lipinski definition) is 1. The Morgan fingerprint density at radius 2 is 1.22 bits per heavy atom. The second kappa shape index (κ2) is 2.48. The summed E-state index contributed by atoms with van der Waals surface area (Å²) in [6.07, 6.45) is 0.703. The molecular formula is C12H9Cl5O. The number of epoxide rings is 1. The van der Waals surface area contributed by atoms with Gasteiger partial charge < -0.3 is 4.74 Å². The molecule has 6 rings (SSSR count). The molecule has 2 unspecified atom stereocenters. The van der Waals surface area contributed by atoms with Gasteiger partial charge in [-0.25, -0.2) is 0 Å². The van der Waals surface area contributed by atoms with E-state index in [1.54, 1.807) is 0 Å². The zero-order valence-corrected chi connectivity index (χ0v) is 12.8. The molecule has 12 atom stereocenters.